The SMILES string of the molecule is CCC(C)C(C(=O)O)N1C(=O)c2ccc3c4c(ccc(c24)C1=O)C(=O)N(C(CO)CO)C3=O. The molecule has 0 bridgehead atoms. The molecule has 0 saturated heterocycles. The van der Waals surface area contributed by atoms with Crippen LogP contribution in [-0.4, -0.2) is 80.0 Å². The standard InChI is InChI=1S/C23H22N2O8/c1-3-10(2)18(23(32)33)25-21(30)14-6-4-12-16-13(5-7-15(17(14)16)22(25)31)20(29)24(19(12)28)11(8-26)9-27/h4-7,10-11,18,26-27H,3,8-9H2,1-2H3,(H,32,33). The van der Waals surface area contributed by atoms with Crippen molar-refractivity contribution in [3.05, 3.63) is 46.5 Å². The zero-order valence-electron chi connectivity index (χ0n) is 17.9. The van der Waals surface area contributed by atoms with E-state index in [1.807, 2.05) is 0 Å². The molecule has 4 amide bonds. The van der Waals surface area contributed by atoms with E-state index in [1.165, 1.54) is 24.3 Å². The van der Waals surface area contributed by atoms with Crippen LogP contribution in [0.2, 0.25) is 0 Å². The van der Waals surface area contributed by atoms with Crippen LogP contribution in [0.3, 0.4) is 0 Å². The zero-order valence-corrected chi connectivity index (χ0v) is 17.9. The van der Waals surface area contributed by atoms with E-state index in [4.69, 9.17) is 0 Å². The minimum atomic E-state index is -1.38. The molecule has 2 aliphatic heterocycles. The molecule has 3 N–H and O–H groups in total. The van der Waals surface area contributed by atoms with Gasteiger partial charge in [0.2, 0.25) is 0 Å². The first-order chi connectivity index (χ1) is 15.7. The van der Waals surface area contributed by atoms with Gasteiger partial charge in [-0.1, -0.05) is 20.3 Å². The van der Waals surface area contributed by atoms with Crippen molar-refractivity contribution in [2.45, 2.75) is 32.4 Å². The van der Waals surface area contributed by atoms with Crippen molar-refractivity contribution in [2.75, 3.05) is 13.2 Å². The van der Waals surface area contributed by atoms with Crippen LogP contribution in [-0.2, 0) is 4.79 Å². The summed E-state index contributed by atoms with van der Waals surface area (Å²) >= 11 is 0. The van der Waals surface area contributed by atoms with Gasteiger partial charge >= 0.3 is 5.97 Å². The molecule has 2 aliphatic rings. The third kappa shape index (κ3) is 3.05. The predicted molar refractivity (Wildman–Crippen MR) is 114 cm³/mol. The number of benzene rings is 2. The van der Waals surface area contributed by atoms with Crippen LogP contribution in [0.4, 0.5) is 0 Å². The summed E-state index contributed by atoms with van der Waals surface area (Å²) in [7, 11) is 0. The average molecular weight is 454 g/mol. The van der Waals surface area contributed by atoms with Crippen molar-refractivity contribution in [3.63, 3.8) is 0 Å². The molecule has 2 aromatic carbocycles. The number of aliphatic hydroxyl groups excluding tert-OH is 2. The molecule has 4 rings (SSSR count). The van der Waals surface area contributed by atoms with E-state index >= 15 is 0 Å². The molecule has 0 saturated carbocycles. The van der Waals surface area contributed by atoms with Crippen molar-refractivity contribution in [2.24, 2.45) is 5.92 Å². The number of aliphatic hydroxyl groups is 2. The maximum atomic E-state index is 13.3. The summed E-state index contributed by atoms with van der Waals surface area (Å²) in [6.45, 7) is 2.12. The Bertz CT molecular complexity index is 1160. The van der Waals surface area contributed by atoms with Crippen LogP contribution in [0.5, 0.6) is 0 Å². The van der Waals surface area contributed by atoms with Gasteiger partial charge in [0.15, 0.2) is 0 Å². The molecule has 0 aromatic heterocycles. The van der Waals surface area contributed by atoms with Gasteiger partial charge in [-0.2, -0.15) is 0 Å². The second kappa shape index (κ2) is 8.05. The lowest BCUT2D eigenvalue weighted by molar-refractivity contribution is -0.143. The minimum Gasteiger partial charge on any atom is -0.480 e. The van der Waals surface area contributed by atoms with Crippen molar-refractivity contribution < 1.29 is 39.3 Å². The molecule has 10 nitrogen and oxygen atoms in total. The molecule has 33 heavy (non-hydrogen) atoms. The number of carboxylic acids is 1. The largest absolute Gasteiger partial charge is 0.480 e. The second-order valence-corrected chi connectivity index (χ2v) is 8.22. The Morgan fingerprint density at radius 3 is 1.45 bits per heavy atom. The summed E-state index contributed by atoms with van der Waals surface area (Å²) < 4.78 is 0. The minimum absolute atomic E-state index is 0.0228. The Kier molecular flexibility index (Phi) is 5.51. The van der Waals surface area contributed by atoms with Gasteiger partial charge in [0.1, 0.15) is 6.04 Å². The van der Waals surface area contributed by atoms with Crippen molar-refractivity contribution in [1.82, 2.24) is 9.80 Å². The molecule has 0 fully saturated rings. The van der Waals surface area contributed by atoms with Crippen LogP contribution in [0.15, 0.2) is 24.3 Å². The highest BCUT2D eigenvalue weighted by molar-refractivity contribution is 6.33. The lowest BCUT2D eigenvalue weighted by Gasteiger charge is -2.36. The normalized spacial score (nSPS) is 17.2. The second-order valence-electron chi connectivity index (χ2n) is 8.22. The van der Waals surface area contributed by atoms with E-state index in [1.54, 1.807) is 13.8 Å². The first-order valence-electron chi connectivity index (χ1n) is 10.5. The Labute approximate surface area is 188 Å². The van der Waals surface area contributed by atoms with Gasteiger partial charge in [-0.25, -0.2) is 4.79 Å². The number of carboxylic acid groups (broad SMARTS) is 1. The maximum Gasteiger partial charge on any atom is 0.327 e. The number of carbonyl (C=O) groups is 5. The Morgan fingerprint density at radius 2 is 1.15 bits per heavy atom. The number of rotatable bonds is 7. The predicted octanol–water partition coefficient (Wildman–Crippen LogP) is 0.884. The van der Waals surface area contributed by atoms with Gasteiger partial charge in [-0.05, 0) is 30.2 Å². The molecular formula is C23H22N2O8. The zero-order chi connectivity index (χ0) is 24.2. The molecular weight excluding hydrogens is 432 g/mol. The van der Waals surface area contributed by atoms with Crippen molar-refractivity contribution >= 4 is 40.4 Å². The van der Waals surface area contributed by atoms with E-state index in [-0.39, 0.29) is 33.0 Å². The number of carbonyl (C=O) groups excluding carboxylic acids is 4. The van der Waals surface area contributed by atoms with Gasteiger partial charge in [0, 0.05) is 33.0 Å². The fraction of sp³-hybridized carbons (Fsp3) is 0.348. The lowest BCUT2D eigenvalue weighted by atomic mass is 9.84. The topological polar surface area (TPSA) is 153 Å². The highest BCUT2D eigenvalue weighted by atomic mass is 16.4. The summed E-state index contributed by atoms with van der Waals surface area (Å²) in [6, 6.07) is 2.82. The van der Waals surface area contributed by atoms with Gasteiger partial charge in [-0.3, -0.25) is 29.0 Å². The summed E-state index contributed by atoms with van der Waals surface area (Å²) in [5.74, 6) is -4.97. The first-order valence-corrected chi connectivity index (χ1v) is 10.5. The number of amides is 4. The van der Waals surface area contributed by atoms with E-state index in [0.29, 0.717) is 6.42 Å². The van der Waals surface area contributed by atoms with Crippen molar-refractivity contribution in [3.8, 4) is 0 Å². The van der Waals surface area contributed by atoms with Crippen LogP contribution in [0.1, 0.15) is 61.7 Å². The van der Waals surface area contributed by atoms with Gasteiger partial charge in [0.25, 0.3) is 23.6 Å². The Balaban J connectivity index is 1.95. The molecule has 10 heteroatoms. The van der Waals surface area contributed by atoms with Crippen LogP contribution in [0.25, 0.3) is 10.8 Å². The molecule has 2 atom stereocenters. The summed E-state index contributed by atoms with van der Waals surface area (Å²) in [4.78, 5) is 66.3. The molecule has 172 valence electrons. The highest BCUT2D eigenvalue weighted by Crippen LogP contribution is 2.39. The molecule has 2 heterocycles. The average Bonchev–Trinajstić information content (AvgIpc) is 2.80. The number of aliphatic carboxylic acids is 1. The molecule has 0 radical (unpaired) electrons. The van der Waals surface area contributed by atoms with E-state index < -0.39 is 60.8 Å². The van der Waals surface area contributed by atoms with E-state index in [0.717, 1.165) is 9.80 Å². The van der Waals surface area contributed by atoms with Crippen LogP contribution < -0.4 is 0 Å². The number of nitrogens with zero attached hydrogens (tertiary/aromatic N) is 2. The number of hydrogen-bond donors (Lipinski definition) is 3. The Morgan fingerprint density at radius 1 is 0.788 bits per heavy atom. The third-order valence-corrected chi connectivity index (χ3v) is 6.46. The molecule has 0 spiro atoms. The number of hydrogen-bond acceptors (Lipinski definition) is 7. The summed E-state index contributed by atoms with van der Waals surface area (Å²) in [5.41, 5.74) is 0.134. The van der Waals surface area contributed by atoms with Gasteiger partial charge in [-0.15, -0.1) is 0 Å². The molecule has 2 unspecified atom stereocenters. The van der Waals surface area contributed by atoms with E-state index in [2.05, 4.69) is 0 Å². The van der Waals surface area contributed by atoms with Gasteiger partial charge in [0.05, 0.1) is 19.3 Å². The van der Waals surface area contributed by atoms with Gasteiger partial charge < -0.3 is 15.3 Å². The number of imide groups is 2. The summed E-state index contributed by atoms with van der Waals surface area (Å²) in [6.07, 6.45) is 0.421. The third-order valence-electron chi connectivity index (χ3n) is 6.46. The van der Waals surface area contributed by atoms with Crippen LogP contribution >= 0.6 is 0 Å². The van der Waals surface area contributed by atoms with E-state index in [9.17, 15) is 39.3 Å². The maximum absolute atomic E-state index is 13.3. The van der Waals surface area contributed by atoms with Crippen molar-refractivity contribution in [1.29, 1.82) is 0 Å². The molecule has 2 aromatic rings. The van der Waals surface area contributed by atoms with Crippen LogP contribution in [0, 0.1) is 5.92 Å². The lowest BCUT2D eigenvalue weighted by Crippen LogP contribution is -2.54. The molecule has 0 aliphatic carbocycles. The monoisotopic (exact) mass is 454 g/mol. The quantitative estimate of drug-likeness (QED) is 0.522. The smallest absolute Gasteiger partial charge is 0.327 e. The summed E-state index contributed by atoms with van der Waals surface area (Å²) in [5, 5.41) is 29.0. The first kappa shape index (κ1) is 22.6. The fourth-order valence-corrected chi connectivity index (χ4v) is 4.55. The fourth-order valence-electron chi connectivity index (χ4n) is 4.55. The highest BCUT2D eigenvalue weighted by Gasteiger charge is 2.45. The Hall–Kier alpha value is -3.63.